The molecule has 1 saturated heterocycles. The first-order valence-corrected chi connectivity index (χ1v) is 10.6. The molecule has 11 heteroatoms. The van der Waals surface area contributed by atoms with Gasteiger partial charge in [-0.25, -0.2) is 15.0 Å². The van der Waals surface area contributed by atoms with Crippen LogP contribution in [0, 0.1) is 0 Å². The van der Waals surface area contributed by atoms with Crippen LogP contribution in [0.5, 0.6) is 0 Å². The normalized spacial score (nSPS) is 22.9. The first-order valence-electron chi connectivity index (χ1n) is 10.6. The monoisotopic (exact) mass is 452 g/mol. The molecule has 1 aliphatic rings. The minimum absolute atomic E-state index is 0.0235. The number of carbonyl (C=O) groups excluding carboxylic acids is 1. The van der Waals surface area contributed by atoms with Crippen LogP contribution < -0.4 is 5.32 Å². The lowest BCUT2D eigenvalue weighted by Crippen LogP contribution is -2.33. The van der Waals surface area contributed by atoms with Gasteiger partial charge in [0.15, 0.2) is 29.0 Å². The van der Waals surface area contributed by atoms with Crippen molar-refractivity contribution in [2.45, 2.75) is 37.9 Å². The van der Waals surface area contributed by atoms with E-state index < -0.39 is 31.1 Å². The van der Waals surface area contributed by atoms with E-state index in [1.165, 1.54) is 17.2 Å². The topological polar surface area (TPSA) is 158 Å². The molecule has 0 bridgehead atoms. The van der Waals surface area contributed by atoms with E-state index in [0.29, 0.717) is 35.5 Å². The summed E-state index contributed by atoms with van der Waals surface area (Å²) in [5.74, 6) is 0.546. The molecule has 1 aliphatic heterocycles. The molecule has 5 rings (SSSR count). The number of imidazole rings is 1. The number of aromatic amines is 1. The van der Waals surface area contributed by atoms with Gasteiger partial charge in [-0.1, -0.05) is 0 Å². The van der Waals surface area contributed by atoms with E-state index in [1.807, 2.05) is 24.4 Å². The Balaban J connectivity index is 1.34. The Morgan fingerprint density at radius 1 is 1.24 bits per heavy atom. The maximum Gasteiger partial charge on any atom is 0.167 e. The molecule has 0 radical (unpaired) electrons. The Kier molecular flexibility index (Phi) is 5.54. The second kappa shape index (κ2) is 8.52. The number of hydrogen-bond acceptors (Lipinski definition) is 9. The Hall–Kier alpha value is -3.38. The molecule has 4 aromatic rings. The number of rotatable bonds is 7. The molecule has 172 valence electrons. The smallest absolute Gasteiger partial charge is 0.167 e. The minimum atomic E-state index is -1.23. The summed E-state index contributed by atoms with van der Waals surface area (Å²) in [5, 5.41) is 34.0. The van der Waals surface area contributed by atoms with Gasteiger partial charge >= 0.3 is 0 Å². The molecular formula is C22H24N6O5. The zero-order chi connectivity index (χ0) is 23.1. The molecule has 4 atom stereocenters. The molecule has 11 nitrogen and oxygen atoms in total. The highest BCUT2D eigenvalue weighted by Gasteiger charge is 2.44. The number of fused-ring (bicyclic) bond motifs is 2. The molecule has 5 N–H and O–H groups in total. The number of anilines is 1. The number of hydrogen-bond donors (Lipinski definition) is 5. The van der Waals surface area contributed by atoms with Gasteiger partial charge in [-0.2, -0.15) is 0 Å². The first-order chi connectivity index (χ1) is 16.0. The van der Waals surface area contributed by atoms with Crippen LogP contribution >= 0.6 is 0 Å². The number of nitrogens with zero attached hydrogens (tertiary/aromatic N) is 4. The Bertz CT molecular complexity index is 1320. The number of carbonyl (C=O) groups is 1. The van der Waals surface area contributed by atoms with Crippen molar-refractivity contribution in [1.82, 2.24) is 24.5 Å². The van der Waals surface area contributed by atoms with Crippen LogP contribution in [0.1, 0.15) is 29.1 Å². The SMILES string of the molecule is CC(=O)c1ccc2[nH]cc(CCNc3ncnc4c3ncn4[C@@H]3O[C@H](CO)[C@@H](O)[C@H]3O)c2c1. The number of Topliss-reactive ketones (excluding diaryl/α,β-unsaturated/α-hetero) is 1. The van der Waals surface area contributed by atoms with Crippen LogP contribution in [0.25, 0.3) is 22.1 Å². The molecule has 0 spiro atoms. The lowest BCUT2D eigenvalue weighted by molar-refractivity contribution is -0.0511. The van der Waals surface area contributed by atoms with Gasteiger partial charge in [-0.05, 0) is 37.1 Å². The first kappa shape index (κ1) is 21.5. The van der Waals surface area contributed by atoms with Crippen molar-refractivity contribution >= 4 is 33.7 Å². The fraction of sp³-hybridized carbons (Fsp3) is 0.364. The van der Waals surface area contributed by atoms with E-state index in [0.717, 1.165) is 16.5 Å². The van der Waals surface area contributed by atoms with Crippen LogP contribution in [-0.4, -0.2) is 77.1 Å². The number of ketones is 1. The summed E-state index contributed by atoms with van der Waals surface area (Å²) in [4.78, 5) is 27.9. The van der Waals surface area contributed by atoms with Gasteiger partial charge in [-0.3, -0.25) is 9.36 Å². The molecule has 0 amide bonds. The van der Waals surface area contributed by atoms with E-state index in [1.54, 1.807) is 6.92 Å². The average Bonchev–Trinajstić information content (AvgIpc) is 3.50. The van der Waals surface area contributed by atoms with Crippen LogP contribution in [0.2, 0.25) is 0 Å². The Morgan fingerprint density at radius 2 is 2.09 bits per heavy atom. The number of benzene rings is 1. The fourth-order valence-corrected chi connectivity index (χ4v) is 4.20. The number of aliphatic hydroxyl groups excluding tert-OH is 3. The summed E-state index contributed by atoms with van der Waals surface area (Å²) in [6.07, 6.45) is 1.21. The highest BCUT2D eigenvalue weighted by Crippen LogP contribution is 2.32. The highest BCUT2D eigenvalue weighted by molar-refractivity contribution is 5.98. The second-order valence-corrected chi connectivity index (χ2v) is 8.08. The van der Waals surface area contributed by atoms with Crippen molar-refractivity contribution in [3.8, 4) is 0 Å². The summed E-state index contributed by atoms with van der Waals surface area (Å²) in [6.45, 7) is 1.70. The van der Waals surface area contributed by atoms with Gasteiger partial charge in [-0.15, -0.1) is 0 Å². The number of aromatic nitrogens is 5. The van der Waals surface area contributed by atoms with E-state index >= 15 is 0 Å². The lowest BCUT2D eigenvalue weighted by Gasteiger charge is -2.16. The van der Waals surface area contributed by atoms with E-state index in [9.17, 15) is 20.1 Å². The van der Waals surface area contributed by atoms with Crippen LogP contribution in [-0.2, 0) is 11.2 Å². The Labute approximate surface area is 188 Å². The summed E-state index contributed by atoms with van der Waals surface area (Å²) in [7, 11) is 0. The summed E-state index contributed by atoms with van der Waals surface area (Å²) >= 11 is 0. The minimum Gasteiger partial charge on any atom is -0.394 e. The van der Waals surface area contributed by atoms with E-state index in [2.05, 4.69) is 25.3 Å². The molecule has 0 unspecified atom stereocenters. The predicted molar refractivity (Wildman–Crippen MR) is 119 cm³/mol. The van der Waals surface area contributed by atoms with E-state index in [4.69, 9.17) is 4.74 Å². The predicted octanol–water partition coefficient (Wildman–Crippen LogP) is 0.776. The largest absolute Gasteiger partial charge is 0.394 e. The molecule has 0 saturated carbocycles. The van der Waals surface area contributed by atoms with Crippen LogP contribution in [0.4, 0.5) is 5.82 Å². The summed E-state index contributed by atoms with van der Waals surface area (Å²) in [6, 6.07) is 5.61. The number of ether oxygens (including phenoxy) is 1. The van der Waals surface area contributed by atoms with Crippen molar-refractivity contribution in [1.29, 1.82) is 0 Å². The molecular weight excluding hydrogens is 428 g/mol. The standard InChI is InChI=1S/C22H24N6O5/c1-11(30)12-2-3-15-14(6-12)13(7-24-15)4-5-23-20-17-21(26-9-25-20)28(10-27-17)22-19(32)18(31)16(8-29)33-22/h2-3,6-7,9-10,16,18-19,22,24,29,31-32H,4-5,8H2,1H3,(H,23,25,26)/t16-,18-,19-,22-/m1/s1. The highest BCUT2D eigenvalue weighted by atomic mass is 16.6. The van der Waals surface area contributed by atoms with Crippen LogP contribution in [0.15, 0.2) is 37.1 Å². The van der Waals surface area contributed by atoms with Crippen molar-refractivity contribution in [3.63, 3.8) is 0 Å². The van der Waals surface area contributed by atoms with Gasteiger partial charge in [0, 0.05) is 29.2 Å². The number of nitrogens with one attached hydrogen (secondary N) is 2. The third kappa shape index (κ3) is 3.74. The Morgan fingerprint density at radius 3 is 2.85 bits per heavy atom. The maximum atomic E-state index is 11.7. The van der Waals surface area contributed by atoms with Gasteiger partial charge in [0.2, 0.25) is 0 Å². The zero-order valence-electron chi connectivity index (χ0n) is 17.8. The maximum absolute atomic E-state index is 11.7. The van der Waals surface area contributed by atoms with Gasteiger partial charge in [0.1, 0.15) is 24.6 Å². The quantitative estimate of drug-likeness (QED) is 0.255. The van der Waals surface area contributed by atoms with Gasteiger partial charge in [0.05, 0.1) is 12.9 Å². The molecule has 1 fully saturated rings. The van der Waals surface area contributed by atoms with E-state index in [-0.39, 0.29) is 5.78 Å². The number of aliphatic hydroxyl groups is 3. The molecule has 4 heterocycles. The van der Waals surface area contributed by atoms with Gasteiger partial charge < -0.3 is 30.4 Å². The third-order valence-corrected chi connectivity index (χ3v) is 6.01. The van der Waals surface area contributed by atoms with Gasteiger partial charge in [0.25, 0.3) is 0 Å². The van der Waals surface area contributed by atoms with Crippen molar-refractivity contribution in [2.24, 2.45) is 0 Å². The third-order valence-electron chi connectivity index (χ3n) is 6.01. The molecule has 3 aromatic heterocycles. The molecule has 1 aromatic carbocycles. The van der Waals surface area contributed by atoms with Crippen molar-refractivity contribution in [2.75, 3.05) is 18.5 Å². The van der Waals surface area contributed by atoms with Crippen molar-refractivity contribution < 1.29 is 24.9 Å². The second-order valence-electron chi connectivity index (χ2n) is 8.08. The molecule has 0 aliphatic carbocycles. The average molecular weight is 452 g/mol. The summed E-state index contributed by atoms with van der Waals surface area (Å²) in [5.41, 5.74) is 3.64. The zero-order valence-corrected chi connectivity index (χ0v) is 17.8. The lowest BCUT2D eigenvalue weighted by atomic mass is 10.1. The number of H-pyrrole nitrogens is 1. The fourth-order valence-electron chi connectivity index (χ4n) is 4.20. The summed E-state index contributed by atoms with van der Waals surface area (Å²) < 4.78 is 7.11. The molecule has 33 heavy (non-hydrogen) atoms. The van der Waals surface area contributed by atoms with Crippen LogP contribution in [0.3, 0.4) is 0 Å². The van der Waals surface area contributed by atoms with Crippen molar-refractivity contribution in [3.05, 3.63) is 48.2 Å².